The van der Waals surface area contributed by atoms with Gasteiger partial charge in [-0.2, -0.15) is 0 Å². The van der Waals surface area contributed by atoms with Gasteiger partial charge in [0, 0.05) is 13.1 Å². The second-order valence-electron chi connectivity index (χ2n) is 3.82. The summed E-state index contributed by atoms with van der Waals surface area (Å²) in [6.07, 6.45) is 2.12. The van der Waals surface area contributed by atoms with Gasteiger partial charge in [-0.05, 0) is 24.3 Å². The minimum Gasteiger partial charge on any atom is -0.270 e. The molecular weight excluding hydrogens is 177 g/mol. The average molecular weight is 192 g/mol. The summed E-state index contributed by atoms with van der Waals surface area (Å²) in [5.74, 6) is 0.618. The Balaban J connectivity index is 1.96. The molecule has 1 nitrogen and oxygen atoms in total. The van der Waals surface area contributed by atoms with Gasteiger partial charge in [0.2, 0.25) is 0 Å². The topological polar surface area (TPSA) is 3.24 Å². The highest BCUT2D eigenvalue weighted by Gasteiger charge is 2.19. The van der Waals surface area contributed by atoms with Crippen molar-refractivity contribution in [1.29, 1.82) is 0 Å². The number of nitrogens with zero attached hydrogens (tertiary/aromatic N) is 1. The molecule has 2 heteroatoms. The van der Waals surface area contributed by atoms with E-state index in [1.54, 1.807) is 4.90 Å². The van der Waals surface area contributed by atoms with Gasteiger partial charge in [-0.1, -0.05) is 30.3 Å². The maximum absolute atomic E-state index is 12.2. The third kappa shape index (κ3) is 2.13. The molecule has 0 saturated carbocycles. The van der Waals surface area contributed by atoms with E-state index in [0.717, 1.165) is 25.9 Å². The zero-order valence-corrected chi connectivity index (χ0v) is 8.20. The lowest BCUT2D eigenvalue weighted by Crippen LogP contribution is -2.29. The quantitative estimate of drug-likeness (QED) is 0.651. The molecule has 1 aliphatic rings. The second kappa shape index (κ2) is 4.56. The van der Waals surface area contributed by atoms with Crippen molar-refractivity contribution >= 4 is 0 Å². The van der Waals surface area contributed by atoms with E-state index in [2.05, 4.69) is 24.3 Å². The number of rotatable bonds is 2. The number of piperidine rings is 1. The fourth-order valence-corrected chi connectivity index (χ4v) is 2.06. The number of halogens is 1. The lowest BCUT2D eigenvalue weighted by molar-refractivity contribution is 0.205. The molecule has 0 atom stereocenters. The Morgan fingerprint density at radius 1 is 1.14 bits per heavy atom. The number of benzene rings is 1. The molecule has 0 aliphatic carbocycles. The average Bonchev–Trinajstić information content (AvgIpc) is 2.30. The first kappa shape index (κ1) is 9.66. The van der Waals surface area contributed by atoms with E-state index in [1.807, 2.05) is 6.07 Å². The molecule has 1 saturated heterocycles. The summed E-state index contributed by atoms with van der Waals surface area (Å²) in [5.41, 5.74) is 1.39. The van der Waals surface area contributed by atoms with Crippen molar-refractivity contribution in [1.82, 2.24) is 4.90 Å². The van der Waals surface area contributed by atoms with Gasteiger partial charge in [-0.25, -0.2) is 4.39 Å². The summed E-state index contributed by atoms with van der Waals surface area (Å²) in [6, 6.07) is 10.5. The summed E-state index contributed by atoms with van der Waals surface area (Å²) < 4.78 is 12.2. The number of likely N-dealkylation sites (tertiary alicyclic amines) is 1. The zero-order chi connectivity index (χ0) is 9.80. The van der Waals surface area contributed by atoms with Gasteiger partial charge in [0.15, 0.2) is 6.80 Å². The molecule has 0 amide bonds. The largest absolute Gasteiger partial charge is 0.270 e. The minimum absolute atomic E-state index is 0.618. The number of hydrogen-bond donors (Lipinski definition) is 0. The Bertz CT molecular complexity index is 265. The van der Waals surface area contributed by atoms with E-state index in [1.165, 1.54) is 5.56 Å². The lowest BCUT2D eigenvalue weighted by atomic mass is 9.90. The van der Waals surface area contributed by atoms with Gasteiger partial charge in [-0.15, -0.1) is 0 Å². The van der Waals surface area contributed by atoms with Crippen LogP contribution < -0.4 is 0 Å². The molecule has 0 unspecified atom stereocenters. The van der Waals surface area contributed by atoms with Crippen LogP contribution in [0.2, 0.25) is 0 Å². The molecule has 1 aliphatic heterocycles. The van der Waals surface area contributed by atoms with Crippen LogP contribution in [0, 0.1) is 6.80 Å². The molecule has 0 spiro atoms. The van der Waals surface area contributed by atoms with E-state index in [4.69, 9.17) is 0 Å². The van der Waals surface area contributed by atoms with Crippen molar-refractivity contribution in [3.63, 3.8) is 0 Å². The van der Waals surface area contributed by atoms with Crippen molar-refractivity contribution < 1.29 is 4.39 Å². The van der Waals surface area contributed by atoms with E-state index in [9.17, 15) is 4.39 Å². The molecule has 0 N–H and O–H groups in total. The van der Waals surface area contributed by atoms with Crippen molar-refractivity contribution in [3.8, 4) is 0 Å². The van der Waals surface area contributed by atoms with Crippen molar-refractivity contribution in [2.45, 2.75) is 18.8 Å². The van der Waals surface area contributed by atoms with Crippen molar-refractivity contribution in [3.05, 3.63) is 42.7 Å². The molecule has 1 aromatic rings. The van der Waals surface area contributed by atoms with Crippen LogP contribution in [0.25, 0.3) is 0 Å². The normalized spacial score (nSPS) is 19.8. The van der Waals surface area contributed by atoms with E-state index in [0.29, 0.717) is 12.7 Å². The van der Waals surface area contributed by atoms with Gasteiger partial charge < -0.3 is 0 Å². The molecule has 75 valence electrons. The van der Waals surface area contributed by atoms with Crippen LogP contribution in [-0.4, -0.2) is 18.0 Å². The summed E-state index contributed by atoms with van der Waals surface area (Å²) in [5, 5.41) is 0. The molecular formula is C12H15FN. The molecule has 1 radical (unpaired) electrons. The van der Waals surface area contributed by atoms with Gasteiger partial charge in [0.25, 0.3) is 0 Å². The van der Waals surface area contributed by atoms with Crippen LogP contribution in [0.4, 0.5) is 4.39 Å². The monoisotopic (exact) mass is 192 g/mol. The molecule has 1 fully saturated rings. The van der Waals surface area contributed by atoms with Crippen LogP contribution in [0.1, 0.15) is 24.3 Å². The molecule has 0 aromatic heterocycles. The molecule has 2 rings (SSSR count). The molecule has 1 aromatic carbocycles. The van der Waals surface area contributed by atoms with E-state index >= 15 is 0 Å². The van der Waals surface area contributed by atoms with Crippen LogP contribution in [0.15, 0.2) is 30.3 Å². The summed E-state index contributed by atoms with van der Waals surface area (Å²) in [7, 11) is 0. The standard InChI is InChI=1S/C12H15FN/c13-10-14-8-6-12(7-9-14)11-4-2-1-3-5-11/h1-5,10,12H,6-9H2. The maximum Gasteiger partial charge on any atom is 0.198 e. The van der Waals surface area contributed by atoms with Gasteiger partial charge in [0.1, 0.15) is 0 Å². The first-order valence-electron chi connectivity index (χ1n) is 5.12. The predicted octanol–water partition coefficient (Wildman–Crippen LogP) is 2.95. The van der Waals surface area contributed by atoms with Gasteiger partial charge >= 0.3 is 0 Å². The first-order valence-corrected chi connectivity index (χ1v) is 5.12. The summed E-state index contributed by atoms with van der Waals surface area (Å²) >= 11 is 0. The molecule has 14 heavy (non-hydrogen) atoms. The van der Waals surface area contributed by atoms with Crippen molar-refractivity contribution in [2.24, 2.45) is 0 Å². The second-order valence-corrected chi connectivity index (χ2v) is 3.82. The van der Waals surface area contributed by atoms with E-state index < -0.39 is 0 Å². The molecule has 1 heterocycles. The highest BCUT2D eigenvalue weighted by Crippen LogP contribution is 2.27. The van der Waals surface area contributed by atoms with Gasteiger partial charge in [0.05, 0.1) is 0 Å². The Labute approximate surface area is 84.5 Å². The predicted molar refractivity (Wildman–Crippen MR) is 55.4 cm³/mol. The molecule has 0 bridgehead atoms. The van der Waals surface area contributed by atoms with E-state index in [-0.39, 0.29) is 0 Å². The van der Waals surface area contributed by atoms with Gasteiger partial charge in [-0.3, -0.25) is 4.90 Å². The van der Waals surface area contributed by atoms with Crippen LogP contribution in [0.3, 0.4) is 0 Å². The highest BCUT2D eigenvalue weighted by atomic mass is 19.1. The third-order valence-corrected chi connectivity index (χ3v) is 2.94. The zero-order valence-electron chi connectivity index (χ0n) is 8.20. The van der Waals surface area contributed by atoms with Crippen molar-refractivity contribution in [2.75, 3.05) is 13.1 Å². The maximum atomic E-state index is 12.2. The number of hydrogen-bond acceptors (Lipinski definition) is 1. The fourth-order valence-electron chi connectivity index (χ4n) is 2.06. The summed E-state index contributed by atoms with van der Waals surface area (Å²) in [4.78, 5) is 1.75. The Kier molecular flexibility index (Phi) is 3.14. The van der Waals surface area contributed by atoms with Crippen LogP contribution in [-0.2, 0) is 0 Å². The Hall–Kier alpha value is -0.890. The smallest absolute Gasteiger partial charge is 0.198 e. The van der Waals surface area contributed by atoms with Crippen LogP contribution in [0.5, 0.6) is 0 Å². The highest BCUT2D eigenvalue weighted by molar-refractivity contribution is 5.19. The SMILES string of the molecule is F[CH]N1CCC(c2ccccc2)CC1. The minimum atomic E-state index is 0.618. The first-order chi connectivity index (χ1) is 6.90. The van der Waals surface area contributed by atoms with Crippen LogP contribution >= 0.6 is 0 Å². The Morgan fingerprint density at radius 3 is 2.36 bits per heavy atom. The fraction of sp³-hybridized carbons (Fsp3) is 0.417. The Morgan fingerprint density at radius 2 is 1.79 bits per heavy atom. The lowest BCUT2D eigenvalue weighted by Gasteiger charge is -2.29. The summed E-state index contributed by atoms with van der Waals surface area (Å²) in [6.45, 7) is 2.40. The third-order valence-electron chi connectivity index (χ3n) is 2.94.